The van der Waals surface area contributed by atoms with Crippen LogP contribution < -0.4 is 5.32 Å². The maximum atomic E-state index is 12.4. The minimum absolute atomic E-state index is 0. The van der Waals surface area contributed by atoms with Crippen molar-refractivity contribution in [1.29, 1.82) is 0 Å². The summed E-state index contributed by atoms with van der Waals surface area (Å²) < 4.78 is 49.0. The lowest BCUT2D eigenvalue weighted by Crippen LogP contribution is -2.46. The topological polar surface area (TPSA) is 83.5 Å². The molecule has 1 saturated heterocycles. The van der Waals surface area contributed by atoms with Crippen LogP contribution in [0.15, 0.2) is 34.1 Å². The van der Waals surface area contributed by atoms with Crippen LogP contribution in [0.4, 0.5) is 0 Å². The smallest absolute Gasteiger partial charge is 0.243 e. The Bertz CT molecular complexity index is 667. The van der Waals surface area contributed by atoms with E-state index in [1.165, 1.54) is 28.6 Å². The monoisotopic (exact) mass is 340 g/mol. The second kappa shape index (κ2) is 6.40. The Morgan fingerprint density at radius 1 is 1.05 bits per heavy atom. The van der Waals surface area contributed by atoms with E-state index in [0.29, 0.717) is 26.2 Å². The molecule has 20 heavy (non-hydrogen) atoms. The first-order valence-corrected chi connectivity index (χ1v) is 9.16. The second-order valence-corrected chi connectivity index (χ2v) is 8.35. The molecular formula is C11H17ClN2O4S2. The Morgan fingerprint density at radius 3 is 2.15 bits per heavy atom. The second-order valence-electron chi connectivity index (χ2n) is 4.40. The Morgan fingerprint density at radius 2 is 1.60 bits per heavy atom. The average Bonchev–Trinajstić information content (AvgIpc) is 2.39. The molecule has 2 rings (SSSR count). The fourth-order valence-corrected chi connectivity index (χ4v) is 4.13. The van der Waals surface area contributed by atoms with E-state index in [2.05, 4.69) is 5.32 Å². The maximum Gasteiger partial charge on any atom is 0.243 e. The van der Waals surface area contributed by atoms with Crippen LogP contribution in [0.3, 0.4) is 0 Å². The third-order valence-electron chi connectivity index (χ3n) is 2.95. The fourth-order valence-electron chi connectivity index (χ4n) is 1.90. The highest BCUT2D eigenvalue weighted by Crippen LogP contribution is 2.19. The molecule has 0 aliphatic carbocycles. The molecule has 0 radical (unpaired) electrons. The predicted molar refractivity (Wildman–Crippen MR) is 78.4 cm³/mol. The fraction of sp³-hybridized carbons (Fsp3) is 0.455. The first kappa shape index (κ1) is 17.4. The third-order valence-corrected chi connectivity index (χ3v) is 5.95. The van der Waals surface area contributed by atoms with Gasteiger partial charge in [-0.2, -0.15) is 4.31 Å². The summed E-state index contributed by atoms with van der Waals surface area (Å²) in [6, 6.07) is 5.48. The molecule has 6 nitrogen and oxygen atoms in total. The van der Waals surface area contributed by atoms with Gasteiger partial charge in [0.15, 0.2) is 9.84 Å². The zero-order valence-corrected chi connectivity index (χ0v) is 13.4. The molecule has 1 aliphatic rings. The van der Waals surface area contributed by atoms with Crippen LogP contribution in [0.1, 0.15) is 0 Å². The van der Waals surface area contributed by atoms with Crippen molar-refractivity contribution in [3.8, 4) is 0 Å². The van der Waals surface area contributed by atoms with Crippen molar-refractivity contribution in [2.45, 2.75) is 9.79 Å². The van der Waals surface area contributed by atoms with E-state index in [1.54, 1.807) is 0 Å². The van der Waals surface area contributed by atoms with E-state index < -0.39 is 19.9 Å². The van der Waals surface area contributed by atoms with Crippen molar-refractivity contribution in [1.82, 2.24) is 9.62 Å². The number of hydrogen-bond donors (Lipinski definition) is 1. The molecule has 1 aromatic carbocycles. The van der Waals surface area contributed by atoms with Gasteiger partial charge in [0.25, 0.3) is 0 Å². The van der Waals surface area contributed by atoms with E-state index in [-0.39, 0.29) is 22.2 Å². The zero-order valence-electron chi connectivity index (χ0n) is 10.9. The first-order valence-electron chi connectivity index (χ1n) is 5.83. The molecule has 0 amide bonds. The van der Waals surface area contributed by atoms with Gasteiger partial charge in [-0.05, 0) is 18.2 Å². The van der Waals surface area contributed by atoms with Crippen molar-refractivity contribution in [2.75, 3.05) is 32.4 Å². The van der Waals surface area contributed by atoms with Gasteiger partial charge in [0, 0.05) is 32.4 Å². The first-order chi connectivity index (χ1) is 8.82. The largest absolute Gasteiger partial charge is 0.314 e. The Hall–Kier alpha value is -0.670. The molecular weight excluding hydrogens is 324 g/mol. The van der Waals surface area contributed by atoms with Crippen molar-refractivity contribution < 1.29 is 16.8 Å². The molecule has 0 bridgehead atoms. The van der Waals surface area contributed by atoms with E-state index in [4.69, 9.17) is 0 Å². The lowest BCUT2D eigenvalue weighted by molar-refractivity contribution is 0.360. The number of nitrogens with zero attached hydrogens (tertiary/aromatic N) is 1. The molecule has 0 atom stereocenters. The lowest BCUT2D eigenvalue weighted by Gasteiger charge is -2.26. The molecule has 1 N–H and O–H groups in total. The van der Waals surface area contributed by atoms with Crippen molar-refractivity contribution in [3.63, 3.8) is 0 Å². The van der Waals surface area contributed by atoms with Gasteiger partial charge in [0.05, 0.1) is 9.79 Å². The molecule has 1 fully saturated rings. The van der Waals surface area contributed by atoms with Crippen LogP contribution in [0, 0.1) is 0 Å². The minimum Gasteiger partial charge on any atom is -0.314 e. The molecule has 1 aliphatic heterocycles. The highest BCUT2D eigenvalue weighted by Gasteiger charge is 2.26. The van der Waals surface area contributed by atoms with E-state index >= 15 is 0 Å². The highest BCUT2D eigenvalue weighted by atomic mass is 35.5. The van der Waals surface area contributed by atoms with Gasteiger partial charge in [-0.25, -0.2) is 16.8 Å². The van der Waals surface area contributed by atoms with Gasteiger partial charge in [0.2, 0.25) is 10.0 Å². The van der Waals surface area contributed by atoms with Crippen molar-refractivity contribution in [2.24, 2.45) is 0 Å². The van der Waals surface area contributed by atoms with Crippen LogP contribution >= 0.6 is 12.4 Å². The summed E-state index contributed by atoms with van der Waals surface area (Å²) >= 11 is 0. The highest BCUT2D eigenvalue weighted by molar-refractivity contribution is 7.91. The molecule has 1 heterocycles. The number of benzene rings is 1. The van der Waals surface area contributed by atoms with E-state index in [0.717, 1.165) is 6.26 Å². The quantitative estimate of drug-likeness (QED) is 0.844. The third kappa shape index (κ3) is 3.70. The molecule has 0 spiro atoms. The number of rotatable bonds is 3. The summed E-state index contributed by atoms with van der Waals surface area (Å²) in [4.78, 5) is 0.0426. The van der Waals surface area contributed by atoms with Crippen molar-refractivity contribution >= 4 is 32.3 Å². The summed E-state index contributed by atoms with van der Waals surface area (Å²) in [5.41, 5.74) is 0. The SMILES string of the molecule is CS(=O)(=O)c1cccc(S(=O)(=O)N2CCNCC2)c1.Cl. The number of piperazine rings is 1. The van der Waals surface area contributed by atoms with Gasteiger partial charge in [-0.1, -0.05) is 6.07 Å². The van der Waals surface area contributed by atoms with Gasteiger partial charge >= 0.3 is 0 Å². The van der Waals surface area contributed by atoms with Crippen molar-refractivity contribution in [3.05, 3.63) is 24.3 Å². The number of nitrogens with one attached hydrogen (secondary N) is 1. The average molecular weight is 341 g/mol. The van der Waals surface area contributed by atoms with Gasteiger partial charge < -0.3 is 5.32 Å². The number of sulfone groups is 1. The maximum absolute atomic E-state index is 12.4. The zero-order chi connectivity index (χ0) is 14.1. The van der Waals surface area contributed by atoms with Crippen LogP contribution in [0.5, 0.6) is 0 Å². The van der Waals surface area contributed by atoms with Crippen LogP contribution in [0.25, 0.3) is 0 Å². The Kier molecular flexibility index (Phi) is 5.56. The number of halogens is 1. The summed E-state index contributed by atoms with van der Waals surface area (Å²) in [6.45, 7) is 1.99. The van der Waals surface area contributed by atoms with Crippen LogP contribution in [-0.2, 0) is 19.9 Å². The molecule has 114 valence electrons. The summed E-state index contributed by atoms with van der Waals surface area (Å²) in [5, 5.41) is 3.07. The predicted octanol–water partition coefficient (Wildman–Crippen LogP) is 0.106. The van der Waals surface area contributed by atoms with Crippen LogP contribution in [-0.4, -0.2) is 53.6 Å². The Labute approximate surface area is 125 Å². The number of sulfonamides is 1. The molecule has 0 saturated carbocycles. The van der Waals surface area contributed by atoms with E-state index in [1.807, 2.05) is 0 Å². The molecule has 0 aromatic heterocycles. The Balaban J connectivity index is 0.00000200. The van der Waals surface area contributed by atoms with Gasteiger partial charge in [-0.3, -0.25) is 0 Å². The minimum atomic E-state index is -3.62. The normalized spacial score (nSPS) is 17.4. The number of hydrogen-bond acceptors (Lipinski definition) is 5. The van der Waals surface area contributed by atoms with Gasteiger partial charge in [0.1, 0.15) is 0 Å². The molecule has 0 unspecified atom stereocenters. The summed E-state index contributed by atoms with van der Waals surface area (Å²) in [6.07, 6.45) is 1.06. The summed E-state index contributed by atoms with van der Waals surface area (Å²) in [7, 11) is -7.03. The molecule has 9 heteroatoms. The van der Waals surface area contributed by atoms with Crippen LogP contribution in [0.2, 0.25) is 0 Å². The lowest BCUT2D eigenvalue weighted by atomic mass is 10.4. The standard InChI is InChI=1S/C11H16N2O4S2.ClH/c1-18(14,15)10-3-2-4-11(9-10)19(16,17)13-7-5-12-6-8-13;/h2-4,9,12H,5-8H2,1H3;1H. The van der Waals surface area contributed by atoms with Gasteiger partial charge in [-0.15, -0.1) is 12.4 Å². The van der Waals surface area contributed by atoms with E-state index in [9.17, 15) is 16.8 Å². The summed E-state index contributed by atoms with van der Waals surface area (Å²) in [5.74, 6) is 0. The molecule has 1 aromatic rings.